The van der Waals surface area contributed by atoms with Gasteiger partial charge in [0.25, 0.3) is 0 Å². The lowest BCUT2D eigenvalue weighted by molar-refractivity contribution is 0.414. The molecule has 106 valence electrons. The minimum atomic E-state index is 0.794. The largest absolute Gasteiger partial charge is 0.497 e. The minimum Gasteiger partial charge on any atom is -0.497 e. The van der Waals surface area contributed by atoms with Crippen molar-refractivity contribution in [2.45, 2.75) is 13.3 Å². The van der Waals surface area contributed by atoms with E-state index in [1.807, 2.05) is 36.6 Å². The Labute approximate surface area is 125 Å². The first-order valence-corrected chi connectivity index (χ1v) is 7.03. The quantitative estimate of drug-likeness (QED) is 0.680. The Bertz CT molecular complexity index is 709. The summed E-state index contributed by atoms with van der Waals surface area (Å²) in [6.07, 6.45) is 2.65. The second kappa shape index (κ2) is 5.88. The molecule has 2 aromatic carbocycles. The Balaban J connectivity index is 1.85. The molecule has 2 heteroatoms. The van der Waals surface area contributed by atoms with Crippen molar-refractivity contribution in [1.82, 2.24) is 0 Å². The highest BCUT2D eigenvalue weighted by Gasteiger charge is 2.11. The van der Waals surface area contributed by atoms with Crippen LogP contribution in [0.2, 0.25) is 0 Å². The van der Waals surface area contributed by atoms with Crippen molar-refractivity contribution in [3.63, 3.8) is 0 Å². The van der Waals surface area contributed by atoms with E-state index in [1.54, 1.807) is 7.11 Å². The molecule has 3 rings (SSSR count). The van der Waals surface area contributed by atoms with Crippen LogP contribution in [0.3, 0.4) is 0 Å². The summed E-state index contributed by atoms with van der Waals surface area (Å²) in [5.74, 6) is 1.89. The van der Waals surface area contributed by atoms with Crippen LogP contribution in [0.15, 0.2) is 65.3 Å². The van der Waals surface area contributed by atoms with Crippen molar-refractivity contribution in [3.05, 3.63) is 77.7 Å². The number of rotatable bonds is 4. The minimum absolute atomic E-state index is 0.794. The molecule has 0 N–H and O–H groups in total. The highest BCUT2D eigenvalue weighted by atomic mass is 16.5. The molecular formula is C19H18O2. The first-order valence-electron chi connectivity index (χ1n) is 7.03. The van der Waals surface area contributed by atoms with Crippen LogP contribution in [0.25, 0.3) is 11.1 Å². The highest BCUT2D eigenvalue weighted by molar-refractivity contribution is 5.67. The van der Waals surface area contributed by atoms with Gasteiger partial charge in [-0.3, -0.25) is 0 Å². The van der Waals surface area contributed by atoms with Gasteiger partial charge < -0.3 is 9.15 Å². The van der Waals surface area contributed by atoms with Gasteiger partial charge in [-0.25, -0.2) is 0 Å². The number of furan rings is 1. The van der Waals surface area contributed by atoms with Gasteiger partial charge in [0.15, 0.2) is 0 Å². The predicted octanol–water partition coefficient (Wildman–Crippen LogP) is 4.85. The number of ether oxygens (including phenoxy) is 1. The SMILES string of the molecule is COc1ccc(Cc2occ(-c3ccccc3)c2C)cc1. The van der Waals surface area contributed by atoms with Crippen LogP contribution in [0.1, 0.15) is 16.9 Å². The molecule has 0 aliphatic heterocycles. The van der Waals surface area contributed by atoms with E-state index in [1.165, 1.54) is 22.3 Å². The van der Waals surface area contributed by atoms with Crippen molar-refractivity contribution in [2.75, 3.05) is 7.11 Å². The van der Waals surface area contributed by atoms with E-state index in [4.69, 9.17) is 9.15 Å². The van der Waals surface area contributed by atoms with Gasteiger partial charge in [0.05, 0.1) is 13.4 Å². The van der Waals surface area contributed by atoms with E-state index in [9.17, 15) is 0 Å². The van der Waals surface area contributed by atoms with Crippen LogP contribution < -0.4 is 4.74 Å². The third-order valence-electron chi connectivity index (χ3n) is 3.75. The van der Waals surface area contributed by atoms with E-state index in [0.717, 1.165) is 17.9 Å². The maximum Gasteiger partial charge on any atom is 0.118 e. The fourth-order valence-corrected chi connectivity index (χ4v) is 2.46. The maximum absolute atomic E-state index is 5.78. The summed E-state index contributed by atoms with van der Waals surface area (Å²) in [4.78, 5) is 0. The summed E-state index contributed by atoms with van der Waals surface area (Å²) in [5, 5.41) is 0. The lowest BCUT2D eigenvalue weighted by Gasteiger charge is -2.03. The molecule has 0 bridgehead atoms. The topological polar surface area (TPSA) is 22.4 Å². The monoisotopic (exact) mass is 278 g/mol. The van der Waals surface area contributed by atoms with Gasteiger partial charge in [-0.15, -0.1) is 0 Å². The first kappa shape index (κ1) is 13.5. The van der Waals surface area contributed by atoms with Crippen LogP contribution in [0.4, 0.5) is 0 Å². The lowest BCUT2D eigenvalue weighted by Crippen LogP contribution is -1.90. The van der Waals surface area contributed by atoms with Gasteiger partial charge in [-0.1, -0.05) is 42.5 Å². The summed E-state index contributed by atoms with van der Waals surface area (Å²) >= 11 is 0. The molecular weight excluding hydrogens is 260 g/mol. The molecule has 3 aromatic rings. The van der Waals surface area contributed by atoms with Crippen LogP contribution in [0, 0.1) is 6.92 Å². The lowest BCUT2D eigenvalue weighted by atomic mass is 10.0. The number of hydrogen-bond donors (Lipinski definition) is 0. The Hall–Kier alpha value is -2.48. The molecule has 0 spiro atoms. The average molecular weight is 278 g/mol. The van der Waals surface area contributed by atoms with Crippen LogP contribution in [-0.4, -0.2) is 7.11 Å². The van der Waals surface area contributed by atoms with Crippen LogP contribution >= 0.6 is 0 Å². The van der Waals surface area contributed by atoms with Gasteiger partial charge in [0.2, 0.25) is 0 Å². The Morgan fingerprint density at radius 1 is 0.952 bits per heavy atom. The second-order valence-electron chi connectivity index (χ2n) is 5.09. The zero-order chi connectivity index (χ0) is 14.7. The normalized spacial score (nSPS) is 10.6. The zero-order valence-electron chi connectivity index (χ0n) is 12.3. The molecule has 0 saturated heterocycles. The van der Waals surface area contributed by atoms with Crippen molar-refractivity contribution >= 4 is 0 Å². The molecule has 21 heavy (non-hydrogen) atoms. The molecule has 0 aliphatic carbocycles. The standard InChI is InChI=1S/C19H18O2/c1-14-18(16-6-4-3-5-7-16)13-21-19(14)12-15-8-10-17(20-2)11-9-15/h3-11,13H,12H2,1-2H3. The van der Waals surface area contributed by atoms with Gasteiger partial charge in [-0.05, 0) is 35.7 Å². The van der Waals surface area contributed by atoms with E-state index < -0.39 is 0 Å². The number of hydrogen-bond acceptors (Lipinski definition) is 2. The summed E-state index contributed by atoms with van der Waals surface area (Å²) in [6, 6.07) is 18.4. The van der Waals surface area contributed by atoms with Crippen molar-refractivity contribution in [2.24, 2.45) is 0 Å². The third-order valence-corrected chi connectivity index (χ3v) is 3.75. The van der Waals surface area contributed by atoms with Gasteiger partial charge in [0.1, 0.15) is 11.5 Å². The fraction of sp³-hybridized carbons (Fsp3) is 0.158. The molecule has 0 unspecified atom stereocenters. The summed E-state index contributed by atoms with van der Waals surface area (Å²) in [5.41, 5.74) is 4.78. The fourth-order valence-electron chi connectivity index (χ4n) is 2.46. The average Bonchev–Trinajstić information content (AvgIpc) is 2.90. The molecule has 0 fully saturated rings. The Kier molecular flexibility index (Phi) is 3.78. The Morgan fingerprint density at radius 2 is 1.67 bits per heavy atom. The molecule has 0 aliphatic rings. The molecule has 0 amide bonds. The number of methoxy groups -OCH3 is 1. The van der Waals surface area contributed by atoms with Gasteiger partial charge in [-0.2, -0.15) is 0 Å². The molecule has 1 aromatic heterocycles. The molecule has 1 heterocycles. The summed E-state index contributed by atoms with van der Waals surface area (Å²) in [7, 11) is 1.68. The number of benzene rings is 2. The highest BCUT2D eigenvalue weighted by Crippen LogP contribution is 2.29. The van der Waals surface area contributed by atoms with E-state index in [-0.39, 0.29) is 0 Å². The van der Waals surface area contributed by atoms with E-state index >= 15 is 0 Å². The zero-order valence-corrected chi connectivity index (χ0v) is 12.3. The molecule has 0 saturated carbocycles. The summed E-state index contributed by atoms with van der Waals surface area (Å²) < 4.78 is 11.0. The Morgan fingerprint density at radius 3 is 2.33 bits per heavy atom. The molecule has 0 radical (unpaired) electrons. The summed E-state index contributed by atoms with van der Waals surface area (Å²) in [6.45, 7) is 2.12. The smallest absolute Gasteiger partial charge is 0.118 e. The molecule has 0 atom stereocenters. The molecule has 2 nitrogen and oxygen atoms in total. The predicted molar refractivity (Wildman–Crippen MR) is 84.7 cm³/mol. The van der Waals surface area contributed by atoms with Crippen molar-refractivity contribution < 1.29 is 9.15 Å². The van der Waals surface area contributed by atoms with Crippen LogP contribution in [-0.2, 0) is 6.42 Å². The first-order chi connectivity index (χ1) is 10.3. The van der Waals surface area contributed by atoms with Gasteiger partial charge >= 0.3 is 0 Å². The van der Waals surface area contributed by atoms with E-state index in [2.05, 4.69) is 31.2 Å². The van der Waals surface area contributed by atoms with E-state index in [0.29, 0.717) is 0 Å². The van der Waals surface area contributed by atoms with Crippen molar-refractivity contribution in [1.29, 1.82) is 0 Å². The second-order valence-corrected chi connectivity index (χ2v) is 5.09. The van der Waals surface area contributed by atoms with Crippen LogP contribution in [0.5, 0.6) is 5.75 Å². The third kappa shape index (κ3) is 2.84. The maximum atomic E-state index is 5.78. The van der Waals surface area contributed by atoms with Gasteiger partial charge in [0, 0.05) is 12.0 Å². The van der Waals surface area contributed by atoms with Crippen molar-refractivity contribution in [3.8, 4) is 16.9 Å².